The van der Waals surface area contributed by atoms with Crippen molar-refractivity contribution in [2.75, 3.05) is 6.26 Å². The summed E-state index contributed by atoms with van der Waals surface area (Å²) in [5.41, 5.74) is 2.17. The second-order valence-electron chi connectivity index (χ2n) is 2.85. The molecule has 0 radical (unpaired) electrons. The van der Waals surface area contributed by atoms with E-state index in [9.17, 15) is 4.79 Å². The highest BCUT2D eigenvalue weighted by Gasteiger charge is 1.92. The van der Waals surface area contributed by atoms with Crippen molar-refractivity contribution < 1.29 is 9.90 Å². The molecular weight excluding hydrogens is 196 g/mol. The first kappa shape index (κ1) is 10.9. The van der Waals surface area contributed by atoms with E-state index in [1.54, 1.807) is 17.8 Å². The molecule has 0 spiro atoms. The maximum atomic E-state index is 10.3. The van der Waals surface area contributed by atoms with E-state index < -0.39 is 5.97 Å². The molecular formula is C11H12O2S. The second kappa shape index (κ2) is 5.50. The van der Waals surface area contributed by atoms with Gasteiger partial charge in [0, 0.05) is 11.8 Å². The average molecular weight is 208 g/mol. The van der Waals surface area contributed by atoms with Gasteiger partial charge in [-0.1, -0.05) is 24.3 Å². The van der Waals surface area contributed by atoms with Crippen molar-refractivity contribution in [1.82, 2.24) is 0 Å². The Kier molecular flexibility index (Phi) is 4.26. The van der Waals surface area contributed by atoms with E-state index in [-0.39, 0.29) is 0 Å². The fourth-order valence-electron chi connectivity index (χ4n) is 1.06. The molecule has 0 bridgehead atoms. The van der Waals surface area contributed by atoms with Crippen LogP contribution in [0.5, 0.6) is 0 Å². The standard InChI is InChI=1S/C11H12O2S/c1-14-8-10-4-2-9(3-5-10)6-7-11(12)13/h2-7H,8H2,1H3,(H,12,13)/b7-6+. The third-order valence-corrected chi connectivity index (χ3v) is 2.33. The van der Waals surface area contributed by atoms with E-state index in [1.165, 1.54) is 5.56 Å². The molecule has 0 atom stereocenters. The molecule has 14 heavy (non-hydrogen) atoms. The normalized spacial score (nSPS) is 10.6. The van der Waals surface area contributed by atoms with Crippen LogP contribution in [-0.4, -0.2) is 17.3 Å². The number of rotatable bonds is 4. The van der Waals surface area contributed by atoms with Crippen LogP contribution in [0.15, 0.2) is 30.3 Å². The van der Waals surface area contributed by atoms with Crippen LogP contribution in [0.1, 0.15) is 11.1 Å². The Hall–Kier alpha value is -1.22. The molecule has 0 saturated carbocycles. The Morgan fingerprint density at radius 2 is 2.07 bits per heavy atom. The van der Waals surface area contributed by atoms with Crippen LogP contribution in [0.3, 0.4) is 0 Å². The van der Waals surface area contributed by atoms with E-state index in [1.807, 2.05) is 24.3 Å². The molecule has 2 nitrogen and oxygen atoms in total. The summed E-state index contributed by atoms with van der Waals surface area (Å²) in [5.74, 6) is 0.0707. The Morgan fingerprint density at radius 3 is 2.57 bits per heavy atom. The minimum absolute atomic E-state index is 0.914. The van der Waals surface area contributed by atoms with Crippen LogP contribution in [0.25, 0.3) is 6.08 Å². The molecule has 1 aromatic rings. The monoisotopic (exact) mass is 208 g/mol. The van der Waals surface area contributed by atoms with E-state index in [0.29, 0.717) is 0 Å². The summed E-state index contributed by atoms with van der Waals surface area (Å²) in [6, 6.07) is 7.87. The van der Waals surface area contributed by atoms with Crippen LogP contribution in [0.4, 0.5) is 0 Å². The number of thioether (sulfide) groups is 1. The van der Waals surface area contributed by atoms with E-state index in [2.05, 4.69) is 6.26 Å². The van der Waals surface area contributed by atoms with E-state index >= 15 is 0 Å². The van der Waals surface area contributed by atoms with Gasteiger partial charge in [0.2, 0.25) is 0 Å². The smallest absolute Gasteiger partial charge is 0.328 e. The summed E-state index contributed by atoms with van der Waals surface area (Å²) in [5, 5.41) is 8.42. The lowest BCUT2D eigenvalue weighted by Gasteiger charge is -1.98. The molecule has 1 aromatic carbocycles. The molecule has 0 aliphatic carbocycles. The quantitative estimate of drug-likeness (QED) is 0.773. The molecule has 0 unspecified atom stereocenters. The zero-order chi connectivity index (χ0) is 10.4. The number of carboxylic acids is 1. The largest absolute Gasteiger partial charge is 0.478 e. The van der Waals surface area contributed by atoms with Gasteiger partial charge in [-0.05, 0) is 23.5 Å². The van der Waals surface area contributed by atoms with Crippen molar-refractivity contribution >= 4 is 23.8 Å². The van der Waals surface area contributed by atoms with Crippen molar-refractivity contribution in [1.29, 1.82) is 0 Å². The lowest BCUT2D eigenvalue weighted by Crippen LogP contribution is -1.86. The van der Waals surface area contributed by atoms with Gasteiger partial charge in [0.25, 0.3) is 0 Å². The van der Waals surface area contributed by atoms with Gasteiger partial charge in [0.1, 0.15) is 0 Å². The third kappa shape index (κ3) is 3.66. The highest BCUT2D eigenvalue weighted by atomic mass is 32.2. The van der Waals surface area contributed by atoms with Gasteiger partial charge in [0.15, 0.2) is 0 Å². The number of hydrogen-bond acceptors (Lipinski definition) is 2. The van der Waals surface area contributed by atoms with Crippen LogP contribution >= 0.6 is 11.8 Å². The SMILES string of the molecule is CSCc1ccc(/C=C/C(=O)O)cc1. The maximum Gasteiger partial charge on any atom is 0.328 e. The van der Waals surface area contributed by atoms with Gasteiger partial charge in [-0.15, -0.1) is 0 Å². The molecule has 0 heterocycles. The Labute approximate surface area is 87.6 Å². The minimum atomic E-state index is -0.918. The molecule has 0 aliphatic rings. The summed E-state index contributed by atoms with van der Waals surface area (Å²) in [7, 11) is 0. The lowest BCUT2D eigenvalue weighted by molar-refractivity contribution is -0.131. The van der Waals surface area contributed by atoms with E-state index in [4.69, 9.17) is 5.11 Å². The summed E-state index contributed by atoms with van der Waals surface area (Å²) in [6.45, 7) is 0. The predicted octanol–water partition coefficient (Wildman–Crippen LogP) is 2.65. The van der Waals surface area contributed by atoms with Crippen molar-refractivity contribution in [3.63, 3.8) is 0 Å². The Morgan fingerprint density at radius 1 is 1.43 bits per heavy atom. The highest BCUT2D eigenvalue weighted by molar-refractivity contribution is 7.97. The van der Waals surface area contributed by atoms with Gasteiger partial charge in [-0.25, -0.2) is 4.79 Å². The van der Waals surface area contributed by atoms with Crippen molar-refractivity contribution in [2.24, 2.45) is 0 Å². The number of hydrogen-bond donors (Lipinski definition) is 1. The summed E-state index contributed by atoms with van der Waals surface area (Å²) in [4.78, 5) is 10.3. The molecule has 0 fully saturated rings. The van der Waals surface area contributed by atoms with Gasteiger partial charge in [-0.3, -0.25) is 0 Å². The number of carbonyl (C=O) groups is 1. The number of aliphatic carboxylic acids is 1. The topological polar surface area (TPSA) is 37.3 Å². The Bertz CT molecular complexity index is 328. The number of benzene rings is 1. The fraction of sp³-hybridized carbons (Fsp3) is 0.182. The van der Waals surface area contributed by atoms with Crippen molar-refractivity contribution in [2.45, 2.75) is 5.75 Å². The first-order valence-corrected chi connectivity index (χ1v) is 5.60. The molecule has 1 rings (SSSR count). The van der Waals surface area contributed by atoms with E-state index in [0.717, 1.165) is 17.4 Å². The van der Waals surface area contributed by atoms with Crippen LogP contribution in [0.2, 0.25) is 0 Å². The minimum Gasteiger partial charge on any atom is -0.478 e. The van der Waals surface area contributed by atoms with Crippen LogP contribution < -0.4 is 0 Å². The molecule has 1 N–H and O–H groups in total. The number of carboxylic acid groups (broad SMARTS) is 1. The molecule has 0 amide bonds. The summed E-state index contributed by atoms with van der Waals surface area (Å²) in [6.07, 6.45) is 4.78. The van der Waals surface area contributed by atoms with Gasteiger partial charge >= 0.3 is 5.97 Å². The first-order valence-electron chi connectivity index (χ1n) is 4.21. The first-order chi connectivity index (χ1) is 6.72. The lowest BCUT2D eigenvalue weighted by atomic mass is 10.1. The molecule has 3 heteroatoms. The van der Waals surface area contributed by atoms with Crippen molar-refractivity contribution in [3.05, 3.63) is 41.5 Å². The van der Waals surface area contributed by atoms with Gasteiger partial charge in [-0.2, -0.15) is 11.8 Å². The zero-order valence-corrected chi connectivity index (χ0v) is 8.75. The summed E-state index contributed by atoms with van der Waals surface area (Å²) >= 11 is 1.77. The fourth-order valence-corrected chi connectivity index (χ4v) is 1.58. The molecule has 74 valence electrons. The van der Waals surface area contributed by atoms with Crippen molar-refractivity contribution in [3.8, 4) is 0 Å². The third-order valence-electron chi connectivity index (χ3n) is 1.71. The Balaban J connectivity index is 2.68. The second-order valence-corrected chi connectivity index (χ2v) is 3.71. The predicted molar refractivity (Wildman–Crippen MR) is 60.3 cm³/mol. The molecule has 0 aliphatic heterocycles. The van der Waals surface area contributed by atoms with Crippen LogP contribution in [-0.2, 0) is 10.5 Å². The van der Waals surface area contributed by atoms with Gasteiger partial charge in [0.05, 0.1) is 0 Å². The van der Waals surface area contributed by atoms with Crippen LogP contribution in [0, 0.1) is 0 Å². The average Bonchev–Trinajstić information content (AvgIpc) is 2.17. The zero-order valence-electron chi connectivity index (χ0n) is 7.93. The molecule has 0 saturated heterocycles. The molecule has 0 aromatic heterocycles. The van der Waals surface area contributed by atoms with Gasteiger partial charge < -0.3 is 5.11 Å². The maximum absolute atomic E-state index is 10.3. The highest BCUT2D eigenvalue weighted by Crippen LogP contribution is 2.11. The summed E-state index contributed by atoms with van der Waals surface area (Å²) < 4.78 is 0.